The van der Waals surface area contributed by atoms with Gasteiger partial charge in [0.2, 0.25) is 0 Å². The second-order valence-electron chi connectivity index (χ2n) is 9.59. The number of anilines is 3. The average molecular weight is 506 g/mol. The first-order valence-corrected chi connectivity index (χ1v) is 12.7. The van der Waals surface area contributed by atoms with E-state index in [9.17, 15) is 9.59 Å². The normalized spacial score (nSPS) is 12.4. The van der Waals surface area contributed by atoms with Gasteiger partial charge in [-0.2, -0.15) is 0 Å². The fourth-order valence-electron chi connectivity index (χ4n) is 4.67. The molecule has 4 aromatic rings. The molecule has 1 aliphatic heterocycles. The van der Waals surface area contributed by atoms with Crippen LogP contribution in [-0.2, 0) is 19.5 Å². The first-order valence-electron chi connectivity index (χ1n) is 12.7. The third-order valence-electron chi connectivity index (χ3n) is 6.91. The quantitative estimate of drug-likeness (QED) is 0.308. The Morgan fingerprint density at radius 3 is 2.39 bits per heavy atom. The highest BCUT2D eigenvalue weighted by atomic mass is 16.2. The molecule has 0 spiro atoms. The zero-order valence-corrected chi connectivity index (χ0v) is 21.6. The molecule has 0 saturated heterocycles. The van der Waals surface area contributed by atoms with Crippen molar-refractivity contribution in [2.45, 2.75) is 33.4 Å². The number of nitrogens with zero attached hydrogens (tertiary/aromatic N) is 2. The van der Waals surface area contributed by atoms with Gasteiger partial charge in [0.15, 0.2) is 0 Å². The smallest absolute Gasteiger partial charge is 0.323 e. The maximum absolute atomic E-state index is 13.4. The number of urea groups is 1. The number of hydrogen-bond donors (Lipinski definition) is 3. The number of amides is 3. The molecule has 7 heteroatoms. The number of aryl methyl sites for hydroxylation is 2. The number of nitrogens with one attached hydrogen (secondary N) is 3. The van der Waals surface area contributed by atoms with Gasteiger partial charge in [-0.25, -0.2) is 4.79 Å². The summed E-state index contributed by atoms with van der Waals surface area (Å²) in [4.78, 5) is 32.5. The molecular formula is C31H31N5O2. The number of benzene rings is 3. The van der Waals surface area contributed by atoms with Crippen molar-refractivity contribution in [3.8, 4) is 0 Å². The maximum Gasteiger partial charge on any atom is 0.323 e. The van der Waals surface area contributed by atoms with Crippen LogP contribution in [0.25, 0.3) is 0 Å². The molecule has 0 fully saturated rings. The van der Waals surface area contributed by atoms with Gasteiger partial charge >= 0.3 is 6.03 Å². The molecule has 38 heavy (non-hydrogen) atoms. The number of carbonyl (C=O) groups excluding carboxylic acids is 2. The van der Waals surface area contributed by atoms with Crippen LogP contribution in [0.5, 0.6) is 0 Å². The average Bonchev–Trinajstić information content (AvgIpc) is 2.94. The third kappa shape index (κ3) is 5.83. The molecule has 192 valence electrons. The van der Waals surface area contributed by atoms with E-state index in [4.69, 9.17) is 0 Å². The Labute approximate surface area is 222 Å². The Bertz CT molecular complexity index is 1470. The SMILES string of the molecule is Cc1ccc(NC(=O)Nc2ccc(N3CCc4ccccc4C3)c(C(=O)NCc3cccnc3)c2)cc1C. The van der Waals surface area contributed by atoms with E-state index in [0.29, 0.717) is 23.5 Å². The summed E-state index contributed by atoms with van der Waals surface area (Å²) in [5.41, 5.74) is 8.37. The van der Waals surface area contributed by atoms with Crippen LogP contribution in [0.1, 0.15) is 38.2 Å². The summed E-state index contributed by atoms with van der Waals surface area (Å²) >= 11 is 0. The fraction of sp³-hybridized carbons (Fsp3) is 0.194. The van der Waals surface area contributed by atoms with Crippen molar-refractivity contribution in [1.29, 1.82) is 0 Å². The Morgan fingerprint density at radius 2 is 1.63 bits per heavy atom. The van der Waals surface area contributed by atoms with Crippen molar-refractivity contribution < 1.29 is 9.59 Å². The lowest BCUT2D eigenvalue weighted by atomic mass is 9.98. The van der Waals surface area contributed by atoms with Crippen LogP contribution in [-0.4, -0.2) is 23.5 Å². The molecule has 0 unspecified atom stereocenters. The predicted molar refractivity (Wildman–Crippen MR) is 152 cm³/mol. The molecule has 0 atom stereocenters. The summed E-state index contributed by atoms with van der Waals surface area (Å²) in [7, 11) is 0. The minimum atomic E-state index is -0.366. The molecule has 0 aliphatic carbocycles. The van der Waals surface area contributed by atoms with Crippen molar-refractivity contribution in [3.63, 3.8) is 0 Å². The first kappa shape index (κ1) is 25.0. The predicted octanol–water partition coefficient (Wildman–Crippen LogP) is 5.84. The summed E-state index contributed by atoms with van der Waals surface area (Å²) in [6, 6.07) is 23.1. The van der Waals surface area contributed by atoms with E-state index in [2.05, 4.69) is 44.0 Å². The topological polar surface area (TPSA) is 86.4 Å². The van der Waals surface area contributed by atoms with Gasteiger partial charge < -0.3 is 20.9 Å². The standard InChI is InChI=1S/C31H31N5O2/c1-21-9-10-26(16-22(21)2)34-31(38)35-27-11-12-29(36-15-13-24-7-3-4-8-25(24)20-36)28(17-27)30(37)33-19-23-6-5-14-32-18-23/h3-12,14,16-18H,13,15,19-20H2,1-2H3,(H,33,37)(H2,34,35,38). The Balaban J connectivity index is 1.38. The molecule has 3 amide bonds. The Hall–Kier alpha value is -4.65. The molecule has 2 heterocycles. The van der Waals surface area contributed by atoms with Gasteiger partial charge in [0, 0.05) is 49.1 Å². The summed E-state index contributed by atoms with van der Waals surface area (Å²) in [5, 5.41) is 8.77. The molecule has 0 saturated carbocycles. The number of hydrogen-bond acceptors (Lipinski definition) is 4. The van der Waals surface area contributed by atoms with Crippen LogP contribution in [0.4, 0.5) is 21.9 Å². The van der Waals surface area contributed by atoms with Crippen molar-refractivity contribution in [1.82, 2.24) is 10.3 Å². The van der Waals surface area contributed by atoms with E-state index in [1.165, 1.54) is 11.1 Å². The molecule has 3 aromatic carbocycles. The van der Waals surface area contributed by atoms with Crippen LogP contribution in [0.2, 0.25) is 0 Å². The van der Waals surface area contributed by atoms with Crippen molar-refractivity contribution >= 4 is 29.0 Å². The number of carbonyl (C=O) groups is 2. The summed E-state index contributed by atoms with van der Waals surface area (Å²) < 4.78 is 0. The number of aromatic nitrogens is 1. The van der Waals surface area contributed by atoms with E-state index in [1.54, 1.807) is 18.5 Å². The van der Waals surface area contributed by atoms with E-state index in [-0.39, 0.29) is 11.9 Å². The van der Waals surface area contributed by atoms with Gasteiger partial charge in [-0.05, 0) is 84.5 Å². The molecule has 5 rings (SSSR count). The number of rotatable bonds is 6. The molecule has 0 radical (unpaired) electrons. The molecule has 1 aromatic heterocycles. The van der Waals surface area contributed by atoms with Crippen LogP contribution in [0.3, 0.4) is 0 Å². The Morgan fingerprint density at radius 1 is 0.868 bits per heavy atom. The van der Waals surface area contributed by atoms with E-state index < -0.39 is 0 Å². The van der Waals surface area contributed by atoms with Gasteiger partial charge in [0.05, 0.1) is 5.56 Å². The number of pyridine rings is 1. The Kier molecular flexibility index (Phi) is 7.35. The first-order chi connectivity index (χ1) is 18.5. The zero-order valence-electron chi connectivity index (χ0n) is 21.6. The summed E-state index contributed by atoms with van der Waals surface area (Å²) in [6.07, 6.45) is 4.35. The highest BCUT2D eigenvalue weighted by Crippen LogP contribution is 2.30. The van der Waals surface area contributed by atoms with Gasteiger partial charge in [0.25, 0.3) is 5.91 Å². The second kappa shape index (κ2) is 11.2. The van der Waals surface area contributed by atoms with Crippen molar-refractivity contribution in [2.75, 3.05) is 22.1 Å². The lowest BCUT2D eigenvalue weighted by Crippen LogP contribution is -2.33. The van der Waals surface area contributed by atoms with Crippen LogP contribution in [0, 0.1) is 13.8 Å². The van der Waals surface area contributed by atoms with E-state index in [1.807, 2.05) is 62.4 Å². The molecule has 1 aliphatic rings. The minimum Gasteiger partial charge on any atom is -0.366 e. The zero-order chi connectivity index (χ0) is 26.5. The van der Waals surface area contributed by atoms with Crippen molar-refractivity contribution in [2.24, 2.45) is 0 Å². The lowest BCUT2D eigenvalue weighted by molar-refractivity contribution is 0.0951. The lowest BCUT2D eigenvalue weighted by Gasteiger charge is -2.32. The minimum absolute atomic E-state index is 0.207. The van der Waals surface area contributed by atoms with E-state index in [0.717, 1.165) is 41.9 Å². The van der Waals surface area contributed by atoms with Gasteiger partial charge in [-0.15, -0.1) is 0 Å². The maximum atomic E-state index is 13.4. The van der Waals surface area contributed by atoms with E-state index >= 15 is 0 Å². The number of fused-ring (bicyclic) bond motifs is 1. The highest BCUT2D eigenvalue weighted by molar-refractivity contribution is 6.04. The molecular weight excluding hydrogens is 474 g/mol. The van der Waals surface area contributed by atoms with Gasteiger partial charge in [-0.3, -0.25) is 9.78 Å². The van der Waals surface area contributed by atoms with Crippen molar-refractivity contribution in [3.05, 3.63) is 119 Å². The fourth-order valence-corrected chi connectivity index (χ4v) is 4.67. The third-order valence-corrected chi connectivity index (χ3v) is 6.91. The summed E-state index contributed by atoms with van der Waals surface area (Å²) in [5.74, 6) is -0.207. The molecule has 7 nitrogen and oxygen atoms in total. The van der Waals surface area contributed by atoms with Crippen LogP contribution < -0.4 is 20.9 Å². The largest absolute Gasteiger partial charge is 0.366 e. The summed E-state index contributed by atoms with van der Waals surface area (Å²) in [6.45, 7) is 5.92. The highest BCUT2D eigenvalue weighted by Gasteiger charge is 2.22. The van der Waals surface area contributed by atoms with Crippen LogP contribution >= 0.6 is 0 Å². The van der Waals surface area contributed by atoms with Crippen LogP contribution in [0.15, 0.2) is 85.2 Å². The van der Waals surface area contributed by atoms with Gasteiger partial charge in [-0.1, -0.05) is 36.4 Å². The molecule has 0 bridgehead atoms. The second-order valence-corrected chi connectivity index (χ2v) is 9.59. The van der Waals surface area contributed by atoms with Gasteiger partial charge in [0.1, 0.15) is 0 Å². The molecule has 3 N–H and O–H groups in total. The monoisotopic (exact) mass is 505 g/mol.